The van der Waals surface area contributed by atoms with E-state index in [0.717, 1.165) is 5.39 Å². The highest BCUT2D eigenvalue weighted by Gasteiger charge is 2.14. The van der Waals surface area contributed by atoms with E-state index < -0.39 is 5.91 Å². The van der Waals surface area contributed by atoms with Crippen molar-refractivity contribution < 1.29 is 23.5 Å². The molecule has 0 spiro atoms. The van der Waals surface area contributed by atoms with Gasteiger partial charge in [0, 0.05) is 22.3 Å². The SMILES string of the molecule is COc1ccc(C(=O)NC(=S)Nc2cccc(NC(=O)c3cc4ccccc4o3)c2)cc1OC. The molecule has 9 heteroatoms. The molecule has 0 atom stereocenters. The Labute approximate surface area is 200 Å². The molecule has 0 radical (unpaired) electrons. The minimum atomic E-state index is -0.409. The van der Waals surface area contributed by atoms with E-state index in [0.29, 0.717) is 34.0 Å². The molecule has 0 saturated carbocycles. The van der Waals surface area contributed by atoms with Gasteiger partial charge < -0.3 is 24.5 Å². The molecular formula is C25H21N3O5S. The molecule has 0 bridgehead atoms. The molecule has 0 aliphatic carbocycles. The number of ether oxygens (including phenoxy) is 2. The van der Waals surface area contributed by atoms with E-state index in [9.17, 15) is 9.59 Å². The van der Waals surface area contributed by atoms with Crippen molar-refractivity contribution in [2.45, 2.75) is 0 Å². The number of rotatable bonds is 6. The summed E-state index contributed by atoms with van der Waals surface area (Å²) >= 11 is 5.27. The van der Waals surface area contributed by atoms with Gasteiger partial charge in [-0.2, -0.15) is 0 Å². The van der Waals surface area contributed by atoms with Crippen molar-refractivity contribution in [3.63, 3.8) is 0 Å². The number of furan rings is 1. The lowest BCUT2D eigenvalue weighted by atomic mass is 10.2. The van der Waals surface area contributed by atoms with Gasteiger partial charge in [-0.15, -0.1) is 0 Å². The first-order valence-electron chi connectivity index (χ1n) is 10.2. The third kappa shape index (κ3) is 5.16. The van der Waals surface area contributed by atoms with E-state index >= 15 is 0 Å². The Kier molecular flexibility index (Phi) is 6.74. The molecule has 8 nitrogen and oxygen atoms in total. The van der Waals surface area contributed by atoms with E-state index in [1.54, 1.807) is 54.6 Å². The van der Waals surface area contributed by atoms with Gasteiger partial charge in [0.25, 0.3) is 11.8 Å². The zero-order valence-electron chi connectivity index (χ0n) is 18.4. The summed E-state index contributed by atoms with van der Waals surface area (Å²) in [5.41, 5.74) is 2.11. The minimum Gasteiger partial charge on any atom is -0.493 e. The molecule has 0 fully saturated rings. The largest absolute Gasteiger partial charge is 0.493 e. The lowest BCUT2D eigenvalue weighted by molar-refractivity contribution is 0.0975. The summed E-state index contributed by atoms with van der Waals surface area (Å²) in [6.45, 7) is 0. The van der Waals surface area contributed by atoms with E-state index in [1.165, 1.54) is 14.2 Å². The Morgan fingerprint density at radius 1 is 0.794 bits per heavy atom. The Hall–Kier alpha value is -4.37. The molecule has 34 heavy (non-hydrogen) atoms. The number of amides is 2. The molecule has 4 aromatic rings. The second-order valence-corrected chi connectivity index (χ2v) is 7.57. The highest BCUT2D eigenvalue weighted by Crippen LogP contribution is 2.27. The number of para-hydroxylation sites is 1. The highest BCUT2D eigenvalue weighted by atomic mass is 32.1. The Bertz CT molecular complexity index is 1350. The molecule has 172 valence electrons. The van der Waals surface area contributed by atoms with Gasteiger partial charge in [0.1, 0.15) is 5.58 Å². The summed E-state index contributed by atoms with van der Waals surface area (Å²) < 4.78 is 16.0. The molecule has 0 aliphatic heterocycles. The van der Waals surface area contributed by atoms with Crippen LogP contribution in [0.25, 0.3) is 11.0 Å². The molecule has 1 aromatic heterocycles. The molecule has 1 heterocycles. The van der Waals surface area contributed by atoms with Crippen LogP contribution in [0, 0.1) is 0 Å². The predicted molar refractivity (Wildman–Crippen MR) is 134 cm³/mol. The van der Waals surface area contributed by atoms with Crippen LogP contribution in [0.3, 0.4) is 0 Å². The zero-order valence-corrected chi connectivity index (χ0v) is 19.2. The smallest absolute Gasteiger partial charge is 0.291 e. The average molecular weight is 476 g/mol. The van der Waals surface area contributed by atoms with Crippen molar-refractivity contribution in [2.24, 2.45) is 0 Å². The first kappa shape index (κ1) is 22.8. The fourth-order valence-electron chi connectivity index (χ4n) is 3.28. The molecule has 0 aliphatic rings. The van der Waals surface area contributed by atoms with Gasteiger partial charge in [0.15, 0.2) is 22.4 Å². The molecule has 3 N–H and O–H groups in total. The number of carbonyl (C=O) groups excluding carboxylic acids is 2. The van der Waals surface area contributed by atoms with E-state index in [1.807, 2.05) is 18.2 Å². The fraction of sp³-hybridized carbons (Fsp3) is 0.0800. The maximum Gasteiger partial charge on any atom is 0.291 e. The summed E-state index contributed by atoms with van der Waals surface area (Å²) in [5.74, 6) is 0.367. The van der Waals surface area contributed by atoms with Crippen molar-refractivity contribution >= 4 is 51.5 Å². The highest BCUT2D eigenvalue weighted by molar-refractivity contribution is 7.80. The number of fused-ring (bicyclic) bond motifs is 1. The molecule has 0 unspecified atom stereocenters. The van der Waals surface area contributed by atoms with Crippen LogP contribution in [0.4, 0.5) is 11.4 Å². The summed E-state index contributed by atoms with van der Waals surface area (Å²) in [5, 5.41) is 9.29. The average Bonchev–Trinajstić information content (AvgIpc) is 3.28. The van der Waals surface area contributed by atoms with Crippen LogP contribution < -0.4 is 25.4 Å². The molecule has 3 aromatic carbocycles. The predicted octanol–water partition coefficient (Wildman–Crippen LogP) is 4.83. The van der Waals surface area contributed by atoms with E-state index in [4.69, 9.17) is 26.1 Å². The summed E-state index contributed by atoms with van der Waals surface area (Å²) in [4.78, 5) is 25.1. The normalized spacial score (nSPS) is 10.4. The minimum absolute atomic E-state index is 0.0977. The van der Waals surface area contributed by atoms with Crippen LogP contribution in [0.2, 0.25) is 0 Å². The van der Waals surface area contributed by atoms with Crippen molar-refractivity contribution in [3.05, 3.63) is 84.1 Å². The Morgan fingerprint density at radius 2 is 1.53 bits per heavy atom. The summed E-state index contributed by atoms with van der Waals surface area (Å²) in [6, 6.07) is 20.8. The maximum absolute atomic E-state index is 12.6. The number of hydrogen-bond acceptors (Lipinski definition) is 6. The lowest BCUT2D eigenvalue weighted by Crippen LogP contribution is -2.34. The van der Waals surface area contributed by atoms with Crippen LogP contribution in [0.15, 0.2) is 77.2 Å². The standard InChI is InChI=1S/C25H21N3O5S/c1-31-20-11-10-16(13-21(20)32-2)23(29)28-25(34)27-18-8-5-7-17(14-18)26-24(30)22-12-15-6-3-4-9-19(15)33-22/h3-14H,1-2H3,(H,26,30)(H2,27,28,29,34). The first-order chi connectivity index (χ1) is 16.5. The van der Waals surface area contributed by atoms with Gasteiger partial charge in [0.2, 0.25) is 0 Å². The second-order valence-electron chi connectivity index (χ2n) is 7.16. The molecular weight excluding hydrogens is 454 g/mol. The number of carbonyl (C=O) groups is 2. The number of methoxy groups -OCH3 is 2. The number of hydrogen-bond donors (Lipinski definition) is 3. The van der Waals surface area contributed by atoms with Crippen molar-refractivity contribution in [1.82, 2.24) is 5.32 Å². The van der Waals surface area contributed by atoms with Gasteiger partial charge in [0.05, 0.1) is 14.2 Å². The fourth-order valence-corrected chi connectivity index (χ4v) is 3.49. The monoisotopic (exact) mass is 475 g/mol. The van der Waals surface area contributed by atoms with Crippen LogP contribution in [0.5, 0.6) is 11.5 Å². The van der Waals surface area contributed by atoms with Crippen LogP contribution in [-0.4, -0.2) is 31.1 Å². The van der Waals surface area contributed by atoms with E-state index in [2.05, 4.69) is 16.0 Å². The number of benzene rings is 3. The molecule has 4 rings (SSSR count). The number of anilines is 2. The Balaban J connectivity index is 1.39. The quantitative estimate of drug-likeness (QED) is 0.343. The van der Waals surface area contributed by atoms with Gasteiger partial charge in [-0.1, -0.05) is 24.3 Å². The van der Waals surface area contributed by atoms with E-state index in [-0.39, 0.29) is 16.8 Å². The topological polar surface area (TPSA) is 102 Å². The number of nitrogens with one attached hydrogen (secondary N) is 3. The summed E-state index contributed by atoms with van der Waals surface area (Å²) in [6.07, 6.45) is 0. The van der Waals surface area contributed by atoms with Gasteiger partial charge in [-0.25, -0.2) is 0 Å². The third-order valence-electron chi connectivity index (χ3n) is 4.90. The van der Waals surface area contributed by atoms with Crippen LogP contribution in [0.1, 0.15) is 20.9 Å². The van der Waals surface area contributed by atoms with Crippen LogP contribution in [-0.2, 0) is 0 Å². The van der Waals surface area contributed by atoms with Crippen molar-refractivity contribution in [3.8, 4) is 11.5 Å². The van der Waals surface area contributed by atoms with Crippen molar-refractivity contribution in [1.29, 1.82) is 0 Å². The Morgan fingerprint density at radius 3 is 2.26 bits per heavy atom. The second kappa shape index (κ2) is 10.1. The third-order valence-corrected chi connectivity index (χ3v) is 5.10. The van der Waals surface area contributed by atoms with Crippen molar-refractivity contribution in [2.75, 3.05) is 24.9 Å². The lowest BCUT2D eigenvalue weighted by Gasteiger charge is -2.12. The zero-order chi connectivity index (χ0) is 24.1. The van der Waals surface area contributed by atoms with Gasteiger partial charge in [-0.05, 0) is 60.7 Å². The van der Waals surface area contributed by atoms with Crippen LogP contribution >= 0.6 is 12.2 Å². The number of thiocarbonyl (C=S) groups is 1. The maximum atomic E-state index is 12.6. The summed E-state index contributed by atoms with van der Waals surface area (Å²) in [7, 11) is 3.01. The first-order valence-corrected chi connectivity index (χ1v) is 10.6. The molecule has 2 amide bonds. The molecule has 0 saturated heterocycles. The van der Waals surface area contributed by atoms with Gasteiger partial charge >= 0.3 is 0 Å². The van der Waals surface area contributed by atoms with Gasteiger partial charge in [-0.3, -0.25) is 14.9 Å².